The van der Waals surface area contributed by atoms with Gasteiger partial charge in [-0.1, -0.05) is 0 Å². The zero-order chi connectivity index (χ0) is 7.72. The standard InChI is InChI=1S/C6H15N3O/c1-7-4-8(2)6(10)9(3)5-7/h6,10H,4-5H2,1-3H3. The highest BCUT2D eigenvalue weighted by atomic mass is 16.3. The fourth-order valence-electron chi connectivity index (χ4n) is 1.29. The van der Waals surface area contributed by atoms with Crippen LogP contribution in [0.2, 0.25) is 0 Å². The summed E-state index contributed by atoms with van der Waals surface area (Å²) in [5.74, 6) is 0. The van der Waals surface area contributed by atoms with Crippen molar-refractivity contribution in [3.63, 3.8) is 0 Å². The molecule has 4 nitrogen and oxygen atoms in total. The minimum atomic E-state index is -0.420. The molecule has 4 heteroatoms. The van der Waals surface area contributed by atoms with E-state index in [1.807, 2.05) is 30.9 Å². The van der Waals surface area contributed by atoms with E-state index in [4.69, 9.17) is 0 Å². The first kappa shape index (κ1) is 7.94. The summed E-state index contributed by atoms with van der Waals surface area (Å²) in [5.41, 5.74) is 0. The number of aliphatic hydroxyl groups excluding tert-OH is 1. The normalized spacial score (nSPS) is 27.6. The van der Waals surface area contributed by atoms with Crippen LogP contribution in [-0.4, -0.2) is 60.6 Å². The minimum Gasteiger partial charge on any atom is -0.365 e. The lowest BCUT2D eigenvalue weighted by Crippen LogP contribution is -2.57. The van der Waals surface area contributed by atoms with Gasteiger partial charge in [0.1, 0.15) is 0 Å². The number of hydrogen-bond donors (Lipinski definition) is 1. The molecule has 0 unspecified atom stereocenters. The Bertz CT molecular complexity index is 108. The Labute approximate surface area is 61.6 Å². The van der Waals surface area contributed by atoms with Gasteiger partial charge >= 0.3 is 0 Å². The summed E-state index contributed by atoms with van der Waals surface area (Å²) >= 11 is 0. The number of rotatable bonds is 0. The Hall–Kier alpha value is -0.160. The molecule has 60 valence electrons. The molecule has 1 N–H and O–H groups in total. The fraction of sp³-hybridized carbons (Fsp3) is 1.00. The topological polar surface area (TPSA) is 30.0 Å². The average Bonchev–Trinajstić information content (AvgIpc) is 1.82. The van der Waals surface area contributed by atoms with Crippen LogP contribution in [-0.2, 0) is 0 Å². The van der Waals surface area contributed by atoms with Crippen LogP contribution in [0.5, 0.6) is 0 Å². The maximum Gasteiger partial charge on any atom is 0.167 e. The van der Waals surface area contributed by atoms with Crippen LogP contribution in [0.25, 0.3) is 0 Å². The smallest absolute Gasteiger partial charge is 0.167 e. The van der Waals surface area contributed by atoms with Gasteiger partial charge < -0.3 is 5.11 Å². The number of hydrogen-bond acceptors (Lipinski definition) is 4. The van der Waals surface area contributed by atoms with E-state index in [0.29, 0.717) is 0 Å². The third-order valence-electron chi connectivity index (χ3n) is 1.72. The van der Waals surface area contributed by atoms with Crippen molar-refractivity contribution in [1.29, 1.82) is 0 Å². The molecule has 0 atom stereocenters. The highest BCUT2D eigenvalue weighted by Gasteiger charge is 2.23. The Kier molecular flexibility index (Phi) is 2.25. The van der Waals surface area contributed by atoms with Crippen LogP contribution < -0.4 is 0 Å². The van der Waals surface area contributed by atoms with Gasteiger partial charge in [0, 0.05) is 0 Å². The zero-order valence-electron chi connectivity index (χ0n) is 6.78. The van der Waals surface area contributed by atoms with Crippen molar-refractivity contribution >= 4 is 0 Å². The van der Waals surface area contributed by atoms with E-state index in [0.717, 1.165) is 13.3 Å². The molecule has 0 radical (unpaired) electrons. The third kappa shape index (κ3) is 1.46. The Morgan fingerprint density at radius 1 is 1.10 bits per heavy atom. The largest absolute Gasteiger partial charge is 0.365 e. The van der Waals surface area contributed by atoms with Gasteiger partial charge in [-0.05, 0) is 21.1 Å². The minimum absolute atomic E-state index is 0.420. The predicted octanol–water partition coefficient (Wildman–Crippen LogP) is -1.01. The van der Waals surface area contributed by atoms with Gasteiger partial charge in [0.2, 0.25) is 0 Å². The average molecular weight is 145 g/mol. The second-order valence-corrected chi connectivity index (χ2v) is 3.00. The SMILES string of the molecule is CN1CN(C)C(O)N(C)C1. The van der Waals surface area contributed by atoms with Crippen LogP contribution in [0, 0.1) is 0 Å². The lowest BCUT2D eigenvalue weighted by molar-refractivity contribution is -0.158. The molecule has 0 aliphatic carbocycles. The molecule has 0 aromatic rings. The maximum atomic E-state index is 9.39. The quantitative estimate of drug-likeness (QED) is 0.473. The molecule has 1 saturated heterocycles. The molecule has 1 aliphatic heterocycles. The Morgan fingerprint density at radius 3 is 1.90 bits per heavy atom. The summed E-state index contributed by atoms with van der Waals surface area (Å²) in [5, 5.41) is 9.39. The van der Waals surface area contributed by atoms with Crippen LogP contribution in [0.15, 0.2) is 0 Å². The van der Waals surface area contributed by atoms with Gasteiger partial charge in [0.25, 0.3) is 0 Å². The second-order valence-electron chi connectivity index (χ2n) is 3.00. The van der Waals surface area contributed by atoms with E-state index < -0.39 is 6.35 Å². The van der Waals surface area contributed by atoms with E-state index in [2.05, 4.69) is 4.90 Å². The van der Waals surface area contributed by atoms with Crippen molar-refractivity contribution in [2.45, 2.75) is 6.35 Å². The zero-order valence-corrected chi connectivity index (χ0v) is 6.78. The molecule has 1 heterocycles. The van der Waals surface area contributed by atoms with Crippen molar-refractivity contribution in [3.8, 4) is 0 Å². The number of nitrogens with zero attached hydrogens (tertiary/aromatic N) is 3. The summed E-state index contributed by atoms with van der Waals surface area (Å²) < 4.78 is 0. The van der Waals surface area contributed by atoms with E-state index in [-0.39, 0.29) is 0 Å². The van der Waals surface area contributed by atoms with Crippen LogP contribution in [0.1, 0.15) is 0 Å². The molecule has 10 heavy (non-hydrogen) atoms. The molecule has 1 fully saturated rings. The first-order valence-corrected chi connectivity index (χ1v) is 3.38. The monoisotopic (exact) mass is 145 g/mol. The van der Waals surface area contributed by atoms with Gasteiger partial charge in [-0.15, -0.1) is 0 Å². The molecular formula is C6H15N3O. The van der Waals surface area contributed by atoms with Crippen LogP contribution in [0.3, 0.4) is 0 Å². The maximum absolute atomic E-state index is 9.39. The van der Waals surface area contributed by atoms with Gasteiger partial charge in [-0.25, -0.2) is 0 Å². The Balaban J connectivity index is 2.49. The van der Waals surface area contributed by atoms with Crippen molar-refractivity contribution in [3.05, 3.63) is 0 Å². The van der Waals surface area contributed by atoms with E-state index >= 15 is 0 Å². The Morgan fingerprint density at radius 2 is 1.50 bits per heavy atom. The molecule has 0 amide bonds. The van der Waals surface area contributed by atoms with Gasteiger partial charge in [0.15, 0.2) is 6.35 Å². The third-order valence-corrected chi connectivity index (χ3v) is 1.72. The fourth-order valence-corrected chi connectivity index (χ4v) is 1.29. The predicted molar refractivity (Wildman–Crippen MR) is 39.0 cm³/mol. The molecular weight excluding hydrogens is 130 g/mol. The van der Waals surface area contributed by atoms with Gasteiger partial charge in [0.05, 0.1) is 13.3 Å². The first-order valence-electron chi connectivity index (χ1n) is 3.38. The van der Waals surface area contributed by atoms with E-state index in [9.17, 15) is 5.11 Å². The van der Waals surface area contributed by atoms with E-state index in [1.165, 1.54) is 0 Å². The van der Waals surface area contributed by atoms with Crippen molar-refractivity contribution in [1.82, 2.24) is 14.7 Å². The lowest BCUT2D eigenvalue weighted by Gasteiger charge is -2.41. The van der Waals surface area contributed by atoms with Crippen LogP contribution >= 0.6 is 0 Å². The molecule has 0 spiro atoms. The number of aliphatic hydroxyl groups is 1. The first-order chi connectivity index (χ1) is 4.61. The molecule has 0 saturated carbocycles. The lowest BCUT2D eigenvalue weighted by atomic mass is 10.5. The highest BCUT2D eigenvalue weighted by molar-refractivity contribution is 4.63. The summed E-state index contributed by atoms with van der Waals surface area (Å²) in [6.07, 6.45) is -0.420. The van der Waals surface area contributed by atoms with Gasteiger partial charge in [-0.3, -0.25) is 14.7 Å². The van der Waals surface area contributed by atoms with Gasteiger partial charge in [-0.2, -0.15) is 0 Å². The van der Waals surface area contributed by atoms with Crippen LogP contribution in [0.4, 0.5) is 0 Å². The van der Waals surface area contributed by atoms with Crippen molar-refractivity contribution in [2.75, 3.05) is 34.5 Å². The second kappa shape index (κ2) is 2.84. The molecule has 0 bridgehead atoms. The summed E-state index contributed by atoms with van der Waals surface area (Å²) in [4.78, 5) is 5.89. The van der Waals surface area contributed by atoms with Crippen molar-refractivity contribution in [2.24, 2.45) is 0 Å². The molecule has 0 aromatic carbocycles. The molecule has 0 aromatic heterocycles. The summed E-state index contributed by atoms with van der Waals surface area (Å²) in [6.45, 7) is 1.65. The highest BCUT2D eigenvalue weighted by Crippen LogP contribution is 2.05. The molecule has 1 aliphatic rings. The van der Waals surface area contributed by atoms with Crippen molar-refractivity contribution < 1.29 is 5.11 Å². The van der Waals surface area contributed by atoms with E-state index in [1.54, 1.807) is 0 Å². The summed E-state index contributed by atoms with van der Waals surface area (Å²) in [7, 11) is 5.83. The molecule has 1 rings (SSSR count). The summed E-state index contributed by atoms with van der Waals surface area (Å²) in [6, 6.07) is 0.